The van der Waals surface area contributed by atoms with Crippen molar-refractivity contribution in [1.82, 2.24) is 10.3 Å². The Balaban J connectivity index is 1.33. The molecule has 5 aromatic rings. The Morgan fingerprint density at radius 3 is 2.65 bits per heavy atom. The van der Waals surface area contributed by atoms with Crippen molar-refractivity contribution in [2.75, 3.05) is 5.32 Å². The van der Waals surface area contributed by atoms with Crippen molar-refractivity contribution in [2.45, 2.75) is 13.8 Å². The van der Waals surface area contributed by atoms with E-state index in [-0.39, 0.29) is 11.0 Å². The van der Waals surface area contributed by atoms with Crippen LogP contribution in [0.1, 0.15) is 20.8 Å². The van der Waals surface area contributed by atoms with Gasteiger partial charge < -0.3 is 9.73 Å². The zero-order chi connectivity index (χ0) is 24.0. The van der Waals surface area contributed by atoms with Gasteiger partial charge in [-0.1, -0.05) is 35.3 Å². The summed E-state index contributed by atoms with van der Waals surface area (Å²) in [6.07, 6.45) is 0. The molecule has 2 aromatic heterocycles. The topological polar surface area (TPSA) is 67.2 Å². The molecule has 0 bridgehead atoms. The molecule has 2 heterocycles. The summed E-state index contributed by atoms with van der Waals surface area (Å²) in [5, 5.41) is 7.58. The molecule has 0 fully saturated rings. The molecule has 1 amide bonds. The zero-order valence-electron chi connectivity index (χ0n) is 18.0. The highest BCUT2D eigenvalue weighted by Crippen LogP contribution is 2.36. The van der Waals surface area contributed by atoms with Crippen LogP contribution in [-0.4, -0.2) is 16.0 Å². The molecule has 5 nitrogen and oxygen atoms in total. The molecule has 0 saturated carbocycles. The minimum absolute atomic E-state index is 0.147. The second kappa shape index (κ2) is 9.00. The number of nitrogens with one attached hydrogen (secondary N) is 2. The first-order chi connectivity index (χ1) is 16.3. The summed E-state index contributed by atoms with van der Waals surface area (Å²) >= 11 is 19.1. The van der Waals surface area contributed by atoms with Gasteiger partial charge in [-0.15, -0.1) is 11.3 Å². The summed E-state index contributed by atoms with van der Waals surface area (Å²) in [6, 6.07) is 16.8. The van der Waals surface area contributed by atoms with Crippen molar-refractivity contribution < 1.29 is 9.21 Å². The molecule has 170 valence electrons. The molecule has 5 rings (SSSR count). The van der Waals surface area contributed by atoms with Crippen molar-refractivity contribution in [3.63, 3.8) is 0 Å². The number of nitrogens with zero attached hydrogens (tertiary/aromatic N) is 1. The van der Waals surface area contributed by atoms with E-state index in [0.29, 0.717) is 37.6 Å². The van der Waals surface area contributed by atoms with Crippen LogP contribution in [0.4, 0.5) is 5.69 Å². The van der Waals surface area contributed by atoms with E-state index in [1.807, 2.05) is 30.3 Å². The molecule has 9 heteroatoms. The van der Waals surface area contributed by atoms with Crippen molar-refractivity contribution in [3.05, 3.63) is 80.6 Å². The van der Waals surface area contributed by atoms with Crippen LogP contribution in [0, 0.1) is 13.8 Å². The van der Waals surface area contributed by atoms with Gasteiger partial charge in [0.15, 0.2) is 10.7 Å². The average molecular weight is 526 g/mol. The molecule has 0 aliphatic heterocycles. The number of halogens is 2. The Morgan fingerprint density at radius 1 is 1.03 bits per heavy atom. The average Bonchev–Trinajstić information content (AvgIpc) is 3.36. The van der Waals surface area contributed by atoms with Crippen LogP contribution in [0.25, 0.3) is 32.6 Å². The van der Waals surface area contributed by atoms with E-state index in [2.05, 4.69) is 35.5 Å². The number of fused-ring (bicyclic) bond motifs is 2. The molecule has 3 aromatic carbocycles. The Morgan fingerprint density at radius 2 is 1.85 bits per heavy atom. The van der Waals surface area contributed by atoms with Crippen molar-refractivity contribution in [1.29, 1.82) is 0 Å². The second-order valence-corrected chi connectivity index (χ2v) is 10.1. The third kappa shape index (κ3) is 4.40. The van der Waals surface area contributed by atoms with Gasteiger partial charge in [-0.25, -0.2) is 4.98 Å². The molecule has 0 atom stereocenters. The van der Waals surface area contributed by atoms with Gasteiger partial charge in [0.05, 0.1) is 5.02 Å². The molecular formula is C25H17Cl2N3O2S2. The number of thiophene rings is 1. The molecule has 0 aliphatic carbocycles. The maximum absolute atomic E-state index is 12.8. The van der Waals surface area contributed by atoms with Crippen molar-refractivity contribution in [2.24, 2.45) is 0 Å². The van der Waals surface area contributed by atoms with Crippen LogP contribution in [-0.2, 0) is 0 Å². The van der Waals surface area contributed by atoms with Gasteiger partial charge in [-0.3, -0.25) is 10.1 Å². The number of hydrogen-bond donors (Lipinski definition) is 2. The molecule has 0 unspecified atom stereocenters. The van der Waals surface area contributed by atoms with E-state index < -0.39 is 0 Å². The fourth-order valence-electron chi connectivity index (χ4n) is 3.51. The predicted molar refractivity (Wildman–Crippen MR) is 144 cm³/mol. The van der Waals surface area contributed by atoms with Gasteiger partial charge in [-0.2, -0.15) is 0 Å². The standard InChI is InChI=1S/C25H17Cl2N3O2S2/c1-12-3-4-14(9-13(12)2)24-29-18-11-16(6-8-19(18)32-24)28-25(33)30-23(31)22-21(27)17-7-5-15(26)10-20(17)34-22/h3-11H,1-2H3,(H2,28,30,31,33). The monoisotopic (exact) mass is 525 g/mol. The van der Waals surface area contributed by atoms with Crippen LogP contribution >= 0.6 is 46.8 Å². The number of aryl methyl sites for hydroxylation is 2. The highest BCUT2D eigenvalue weighted by Gasteiger charge is 2.18. The fourth-order valence-corrected chi connectivity index (χ4v) is 5.41. The minimum Gasteiger partial charge on any atom is -0.436 e. The number of oxazole rings is 1. The lowest BCUT2D eigenvalue weighted by Gasteiger charge is -2.08. The predicted octanol–water partition coefficient (Wildman–Crippen LogP) is 7.76. The molecule has 0 radical (unpaired) electrons. The van der Waals surface area contributed by atoms with Gasteiger partial charge in [0.1, 0.15) is 10.4 Å². The summed E-state index contributed by atoms with van der Waals surface area (Å²) in [7, 11) is 0. The molecular weight excluding hydrogens is 509 g/mol. The lowest BCUT2D eigenvalue weighted by molar-refractivity contribution is 0.0982. The maximum Gasteiger partial charge on any atom is 0.269 e. The lowest BCUT2D eigenvalue weighted by atomic mass is 10.1. The van der Waals surface area contributed by atoms with Crippen molar-refractivity contribution in [3.8, 4) is 11.5 Å². The second-order valence-electron chi connectivity index (χ2n) is 7.79. The molecule has 0 aliphatic rings. The summed E-state index contributed by atoms with van der Waals surface area (Å²) in [5.41, 5.74) is 5.30. The van der Waals surface area contributed by atoms with Gasteiger partial charge in [0, 0.05) is 26.4 Å². The maximum atomic E-state index is 12.8. The highest BCUT2D eigenvalue weighted by atomic mass is 35.5. The van der Waals surface area contributed by atoms with E-state index in [0.717, 1.165) is 15.6 Å². The Hall–Kier alpha value is -2.97. The smallest absolute Gasteiger partial charge is 0.269 e. The van der Waals surface area contributed by atoms with Crippen molar-refractivity contribution >= 4 is 84.6 Å². The number of thiocarbonyl (C=S) groups is 1. The van der Waals surface area contributed by atoms with E-state index >= 15 is 0 Å². The number of benzene rings is 3. The highest BCUT2D eigenvalue weighted by molar-refractivity contribution is 7.80. The number of hydrogen-bond acceptors (Lipinski definition) is 5. The van der Waals surface area contributed by atoms with E-state index in [9.17, 15) is 4.79 Å². The quantitative estimate of drug-likeness (QED) is 0.235. The molecule has 34 heavy (non-hydrogen) atoms. The SMILES string of the molecule is Cc1ccc(-c2nc3cc(NC(=S)NC(=O)c4sc5cc(Cl)ccc5c4Cl)ccc3o2)cc1C. The Kier molecular flexibility index (Phi) is 6.04. The van der Waals surface area contributed by atoms with E-state index in [1.54, 1.807) is 18.2 Å². The summed E-state index contributed by atoms with van der Waals surface area (Å²) in [6.45, 7) is 4.12. The van der Waals surface area contributed by atoms with Gasteiger partial charge in [0.25, 0.3) is 5.91 Å². The number of amides is 1. The molecule has 2 N–H and O–H groups in total. The molecule has 0 spiro atoms. The van der Waals surface area contributed by atoms with Crippen LogP contribution in [0.5, 0.6) is 0 Å². The number of rotatable bonds is 3. The number of anilines is 1. The third-order valence-corrected chi connectivity index (χ3v) is 7.52. The number of aromatic nitrogens is 1. The minimum atomic E-state index is -0.389. The Labute approximate surface area is 214 Å². The van der Waals surface area contributed by atoms with Crippen LogP contribution in [0.15, 0.2) is 59.0 Å². The number of carbonyl (C=O) groups excluding carboxylic acids is 1. The van der Waals surface area contributed by atoms with Gasteiger partial charge in [0.2, 0.25) is 5.89 Å². The summed E-state index contributed by atoms with van der Waals surface area (Å²) in [4.78, 5) is 17.7. The van der Waals surface area contributed by atoms with Gasteiger partial charge >= 0.3 is 0 Å². The zero-order valence-corrected chi connectivity index (χ0v) is 21.2. The molecule has 0 saturated heterocycles. The number of carbonyl (C=O) groups is 1. The van der Waals surface area contributed by atoms with Crippen LogP contribution in [0.2, 0.25) is 10.0 Å². The summed E-state index contributed by atoms with van der Waals surface area (Å²) < 4.78 is 6.75. The fraction of sp³-hybridized carbons (Fsp3) is 0.0800. The largest absolute Gasteiger partial charge is 0.436 e. The Bertz CT molecular complexity index is 1610. The normalized spacial score (nSPS) is 11.2. The van der Waals surface area contributed by atoms with Crippen LogP contribution in [0.3, 0.4) is 0 Å². The first kappa shape index (κ1) is 22.8. The summed E-state index contributed by atoms with van der Waals surface area (Å²) in [5.74, 6) is 0.157. The van der Waals surface area contributed by atoms with Gasteiger partial charge in [-0.05, 0) is 79.7 Å². The first-order valence-electron chi connectivity index (χ1n) is 10.3. The third-order valence-electron chi connectivity index (χ3n) is 5.42. The van der Waals surface area contributed by atoms with Crippen LogP contribution < -0.4 is 10.6 Å². The van der Waals surface area contributed by atoms with E-state index in [4.69, 9.17) is 39.8 Å². The first-order valence-corrected chi connectivity index (χ1v) is 12.2. The lowest BCUT2D eigenvalue weighted by Crippen LogP contribution is -2.33. The van der Waals surface area contributed by atoms with E-state index in [1.165, 1.54) is 22.5 Å².